The van der Waals surface area contributed by atoms with Gasteiger partial charge in [0.15, 0.2) is 0 Å². The topological polar surface area (TPSA) is 101 Å². The molecule has 0 aliphatic carbocycles. The third-order valence-electron chi connectivity index (χ3n) is 2.62. The lowest BCUT2D eigenvalue weighted by molar-refractivity contribution is -0.135. The van der Waals surface area contributed by atoms with Crippen molar-refractivity contribution in [3.8, 4) is 0 Å². The quantitative estimate of drug-likeness (QED) is 0.832. The second kappa shape index (κ2) is 4.81. The smallest absolute Gasteiger partial charge is 0.322 e. The van der Waals surface area contributed by atoms with Gasteiger partial charge in [-0.05, 0) is 12.5 Å². The van der Waals surface area contributed by atoms with Crippen LogP contribution in [0.3, 0.4) is 0 Å². The SMILES string of the molecule is Cc1c(C(=O)NCC(=O)O)sc2ncn(C)c(=O)c12. The van der Waals surface area contributed by atoms with Crippen LogP contribution in [0.4, 0.5) is 0 Å². The van der Waals surface area contributed by atoms with E-state index in [1.165, 1.54) is 10.9 Å². The van der Waals surface area contributed by atoms with Crippen LogP contribution in [0.5, 0.6) is 0 Å². The van der Waals surface area contributed by atoms with Gasteiger partial charge in [-0.1, -0.05) is 0 Å². The Morgan fingerprint density at radius 3 is 2.84 bits per heavy atom. The van der Waals surface area contributed by atoms with Gasteiger partial charge in [0.25, 0.3) is 11.5 Å². The van der Waals surface area contributed by atoms with Gasteiger partial charge in [-0.25, -0.2) is 4.98 Å². The zero-order valence-corrected chi connectivity index (χ0v) is 11.1. The van der Waals surface area contributed by atoms with Crippen LogP contribution in [0.2, 0.25) is 0 Å². The Labute approximate surface area is 111 Å². The number of carbonyl (C=O) groups is 2. The van der Waals surface area contributed by atoms with Crippen LogP contribution in [-0.4, -0.2) is 33.1 Å². The first-order valence-corrected chi connectivity index (χ1v) is 6.18. The molecule has 0 saturated heterocycles. The van der Waals surface area contributed by atoms with Crippen molar-refractivity contribution < 1.29 is 14.7 Å². The predicted molar refractivity (Wildman–Crippen MR) is 69.6 cm³/mol. The van der Waals surface area contributed by atoms with Crippen molar-refractivity contribution in [1.82, 2.24) is 14.9 Å². The number of amides is 1. The van der Waals surface area contributed by atoms with Crippen molar-refractivity contribution in [2.45, 2.75) is 6.92 Å². The molecule has 2 aromatic heterocycles. The Morgan fingerprint density at radius 2 is 2.21 bits per heavy atom. The average Bonchev–Trinajstić information content (AvgIpc) is 2.69. The summed E-state index contributed by atoms with van der Waals surface area (Å²) in [5.41, 5.74) is 0.299. The van der Waals surface area contributed by atoms with Crippen molar-refractivity contribution in [3.05, 3.63) is 27.1 Å². The maximum Gasteiger partial charge on any atom is 0.322 e. The van der Waals surface area contributed by atoms with Crippen molar-refractivity contribution in [3.63, 3.8) is 0 Å². The van der Waals surface area contributed by atoms with Gasteiger partial charge in [-0.2, -0.15) is 0 Å². The maximum absolute atomic E-state index is 12.0. The molecule has 0 bridgehead atoms. The van der Waals surface area contributed by atoms with Crippen LogP contribution in [0.15, 0.2) is 11.1 Å². The fourth-order valence-electron chi connectivity index (χ4n) is 1.66. The lowest BCUT2D eigenvalue weighted by Crippen LogP contribution is -2.29. The maximum atomic E-state index is 12.0. The molecule has 0 unspecified atom stereocenters. The summed E-state index contributed by atoms with van der Waals surface area (Å²) in [6.45, 7) is 1.19. The first-order chi connectivity index (χ1) is 8.91. The minimum absolute atomic E-state index is 0.226. The number of aliphatic carboxylic acids is 1. The summed E-state index contributed by atoms with van der Waals surface area (Å²) in [4.78, 5) is 39.1. The average molecular weight is 281 g/mol. The molecule has 2 N–H and O–H groups in total. The summed E-state index contributed by atoms with van der Waals surface area (Å²) in [6.07, 6.45) is 1.39. The standard InChI is InChI=1S/C11H11N3O4S/c1-5-7-10(13-4-14(2)11(7)18)19-8(5)9(17)12-3-6(15)16/h4H,3H2,1-2H3,(H,12,17)(H,15,16). The molecule has 2 heterocycles. The highest BCUT2D eigenvalue weighted by Crippen LogP contribution is 2.26. The van der Waals surface area contributed by atoms with Crippen LogP contribution in [0, 0.1) is 6.92 Å². The predicted octanol–water partition coefficient (Wildman–Crippen LogP) is 0.118. The van der Waals surface area contributed by atoms with Crippen molar-refractivity contribution in [2.75, 3.05) is 6.54 Å². The Bertz CT molecular complexity index is 731. The molecule has 0 aliphatic rings. The van der Waals surface area contributed by atoms with E-state index < -0.39 is 18.4 Å². The normalized spacial score (nSPS) is 10.6. The minimum atomic E-state index is -1.12. The van der Waals surface area contributed by atoms with Gasteiger partial charge in [-0.15, -0.1) is 11.3 Å². The number of carbonyl (C=O) groups excluding carboxylic acids is 1. The molecule has 7 nitrogen and oxygen atoms in total. The fraction of sp³-hybridized carbons (Fsp3) is 0.273. The summed E-state index contributed by atoms with van der Waals surface area (Å²) in [7, 11) is 1.58. The second-order valence-corrected chi connectivity index (χ2v) is 4.97. The Kier molecular flexibility index (Phi) is 3.34. The summed E-state index contributed by atoms with van der Waals surface area (Å²) in [5.74, 6) is -1.63. The van der Waals surface area contributed by atoms with Crippen LogP contribution in [0.1, 0.15) is 15.2 Å². The first kappa shape index (κ1) is 13.2. The summed E-state index contributed by atoms with van der Waals surface area (Å²) in [6, 6.07) is 0. The van der Waals surface area contributed by atoms with E-state index in [0.717, 1.165) is 11.3 Å². The van der Waals surface area contributed by atoms with Gasteiger partial charge in [0, 0.05) is 7.05 Å². The molecule has 0 fully saturated rings. The molecule has 0 radical (unpaired) electrons. The van der Waals surface area contributed by atoms with Gasteiger partial charge in [-0.3, -0.25) is 14.4 Å². The minimum Gasteiger partial charge on any atom is -0.480 e. The van der Waals surface area contributed by atoms with E-state index >= 15 is 0 Å². The number of aryl methyl sites for hydroxylation is 2. The van der Waals surface area contributed by atoms with Crippen LogP contribution in [-0.2, 0) is 11.8 Å². The molecular weight excluding hydrogens is 270 g/mol. The molecule has 2 aromatic rings. The van der Waals surface area contributed by atoms with E-state index in [0.29, 0.717) is 20.7 Å². The van der Waals surface area contributed by atoms with Gasteiger partial charge < -0.3 is 15.0 Å². The number of nitrogens with one attached hydrogen (secondary N) is 1. The zero-order valence-electron chi connectivity index (χ0n) is 10.3. The van der Waals surface area contributed by atoms with Gasteiger partial charge in [0.1, 0.15) is 11.4 Å². The summed E-state index contributed by atoms with van der Waals surface area (Å²) in [5, 5.41) is 11.2. The van der Waals surface area contributed by atoms with E-state index in [2.05, 4.69) is 10.3 Å². The number of fused-ring (bicyclic) bond motifs is 1. The van der Waals surface area contributed by atoms with Crippen LogP contribution >= 0.6 is 11.3 Å². The number of nitrogens with zero attached hydrogens (tertiary/aromatic N) is 2. The van der Waals surface area contributed by atoms with E-state index in [9.17, 15) is 14.4 Å². The number of carboxylic acids is 1. The summed E-state index contributed by atoms with van der Waals surface area (Å²) >= 11 is 1.08. The zero-order chi connectivity index (χ0) is 14.2. The van der Waals surface area contributed by atoms with Gasteiger partial charge in [0.05, 0.1) is 16.6 Å². The van der Waals surface area contributed by atoms with E-state index in [1.54, 1.807) is 14.0 Å². The lowest BCUT2D eigenvalue weighted by Gasteiger charge is -2.00. The number of thiophene rings is 1. The highest BCUT2D eigenvalue weighted by atomic mass is 32.1. The monoisotopic (exact) mass is 281 g/mol. The number of hydrogen-bond donors (Lipinski definition) is 2. The molecule has 19 heavy (non-hydrogen) atoms. The van der Waals surface area contributed by atoms with Gasteiger partial charge in [0.2, 0.25) is 0 Å². The number of hydrogen-bond acceptors (Lipinski definition) is 5. The molecule has 0 atom stereocenters. The Morgan fingerprint density at radius 1 is 1.53 bits per heavy atom. The molecule has 0 aliphatic heterocycles. The number of rotatable bonds is 3. The largest absolute Gasteiger partial charge is 0.480 e. The molecule has 0 spiro atoms. The Balaban J connectivity index is 2.49. The first-order valence-electron chi connectivity index (χ1n) is 5.36. The highest BCUT2D eigenvalue weighted by molar-refractivity contribution is 7.20. The van der Waals surface area contributed by atoms with Gasteiger partial charge >= 0.3 is 5.97 Å². The van der Waals surface area contributed by atoms with E-state index in [1.807, 2.05) is 0 Å². The van der Waals surface area contributed by atoms with Crippen molar-refractivity contribution in [2.24, 2.45) is 7.05 Å². The Hall–Kier alpha value is -2.22. The lowest BCUT2D eigenvalue weighted by atomic mass is 10.2. The van der Waals surface area contributed by atoms with Crippen molar-refractivity contribution >= 4 is 33.4 Å². The third kappa shape index (κ3) is 2.34. The molecule has 2 rings (SSSR count). The molecule has 1 amide bonds. The number of aromatic nitrogens is 2. The third-order valence-corrected chi connectivity index (χ3v) is 3.82. The highest BCUT2D eigenvalue weighted by Gasteiger charge is 2.19. The second-order valence-electron chi connectivity index (χ2n) is 3.97. The van der Waals surface area contributed by atoms with Crippen LogP contribution < -0.4 is 10.9 Å². The summed E-state index contributed by atoms with van der Waals surface area (Å²) < 4.78 is 1.33. The molecule has 0 aromatic carbocycles. The molecule has 100 valence electrons. The molecular formula is C11H11N3O4S. The van der Waals surface area contributed by atoms with E-state index in [4.69, 9.17) is 5.11 Å². The molecule has 0 saturated carbocycles. The fourth-order valence-corrected chi connectivity index (χ4v) is 2.72. The number of carboxylic acid groups (broad SMARTS) is 1. The van der Waals surface area contributed by atoms with Crippen molar-refractivity contribution in [1.29, 1.82) is 0 Å². The van der Waals surface area contributed by atoms with Crippen LogP contribution in [0.25, 0.3) is 10.2 Å². The van der Waals surface area contributed by atoms with E-state index in [-0.39, 0.29) is 5.56 Å². The molecule has 8 heteroatoms.